The number of aryl methyl sites for hydroxylation is 1. The zero-order chi connectivity index (χ0) is 13.0. The summed E-state index contributed by atoms with van der Waals surface area (Å²) in [5, 5.41) is 8.46. The summed E-state index contributed by atoms with van der Waals surface area (Å²) < 4.78 is 1.84. The van der Waals surface area contributed by atoms with E-state index < -0.39 is 0 Å². The smallest absolute Gasteiger partial charge is 0.0631 e. The molecule has 4 heteroatoms. The van der Waals surface area contributed by atoms with Gasteiger partial charge in [0.05, 0.1) is 5.69 Å². The molecule has 1 N–H and O–H groups in total. The SMILES string of the molecule is CNCC(Cc1ccn(C)n1)c1ccc(Cl)cc1. The Morgan fingerprint density at radius 3 is 2.56 bits per heavy atom. The van der Waals surface area contributed by atoms with E-state index in [1.807, 2.05) is 37.1 Å². The monoisotopic (exact) mass is 263 g/mol. The quantitative estimate of drug-likeness (QED) is 0.899. The van der Waals surface area contributed by atoms with Crippen LogP contribution < -0.4 is 5.32 Å². The second-order valence-electron chi connectivity index (χ2n) is 4.49. The number of benzene rings is 1. The maximum atomic E-state index is 5.93. The van der Waals surface area contributed by atoms with Gasteiger partial charge < -0.3 is 5.32 Å². The maximum Gasteiger partial charge on any atom is 0.0631 e. The summed E-state index contributed by atoms with van der Waals surface area (Å²) in [7, 11) is 3.92. The molecular formula is C14H18ClN3. The van der Waals surface area contributed by atoms with Crippen LogP contribution in [0.2, 0.25) is 5.02 Å². The van der Waals surface area contributed by atoms with Crippen molar-refractivity contribution >= 4 is 11.6 Å². The predicted molar refractivity (Wildman–Crippen MR) is 75.0 cm³/mol. The minimum absolute atomic E-state index is 0.419. The van der Waals surface area contributed by atoms with E-state index in [2.05, 4.69) is 28.6 Å². The van der Waals surface area contributed by atoms with Crippen LogP contribution in [0.3, 0.4) is 0 Å². The third-order valence-electron chi connectivity index (χ3n) is 3.02. The van der Waals surface area contributed by atoms with Crippen LogP contribution in [0, 0.1) is 0 Å². The Morgan fingerprint density at radius 1 is 1.28 bits per heavy atom. The molecule has 1 unspecified atom stereocenters. The molecule has 96 valence electrons. The molecule has 1 aromatic carbocycles. The first-order valence-corrected chi connectivity index (χ1v) is 6.45. The van der Waals surface area contributed by atoms with Crippen LogP contribution in [0.4, 0.5) is 0 Å². The number of likely N-dealkylation sites (N-methyl/N-ethyl adjacent to an activating group) is 1. The summed E-state index contributed by atoms with van der Waals surface area (Å²) in [5.74, 6) is 0.419. The normalized spacial score (nSPS) is 12.6. The molecule has 0 aliphatic rings. The number of nitrogens with zero attached hydrogens (tertiary/aromatic N) is 2. The molecular weight excluding hydrogens is 246 g/mol. The van der Waals surface area contributed by atoms with Crippen LogP contribution in [0.25, 0.3) is 0 Å². The van der Waals surface area contributed by atoms with E-state index in [-0.39, 0.29) is 0 Å². The molecule has 0 aliphatic heterocycles. The summed E-state index contributed by atoms with van der Waals surface area (Å²) in [6, 6.07) is 10.1. The average Bonchev–Trinajstić information content (AvgIpc) is 2.75. The average molecular weight is 264 g/mol. The molecule has 0 spiro atoms. The topological polar surface area (TPSA) is 29.9 Å². The summed E-state index contributed by atoms with van der Waals surface area (Å²) in [4.78, 5) is 0. The van der Waals surface area contributed by atoms with Gasteiger partial charge in [0.15, 0.2) is 0 Å². The first-order chi connectivity index (χ1) is 8.69. The van der Waals surface area contributed by atoms with Crippen molar-refractivity contribution in [2.75, 3.05) is 13.6 Å². The first kappa shape index (κ1) is 13.1. The first-order valence-electron chi connectivity index (χ1n) is 6.07. The third-order valence-corrected chi connectivity index (χ3v) is 3.27. The molecule has 1 heterocycles. The van der Waals surface area contributed by atoms with Crippen molar-refractivity contribution in [3.8, 4) is 0 Å². The van der Waals surface area contributed by atoms with Gasteiger partial charge in [-0.3, -0.25) is 4.68 Å². The van der Waals surface area contributed by atoms with E-state index in [1.54, 1.807) is 0 Å². The fourth-order valence-corrected chi connectivity index (χ4v) is 2.24. The Hall–Kier alpha value is -1.32. The maximum absolute atomic E-state index is 5.93. The molecule has 0 saturated heterocycles. The molecule has 1 aromatic heterocycles. The van der Waals surface area contributed by atoms with Gasteiger partial charge in [-0.1, -0.05) is 23.7 Å². The highest BCUT2D eigenvalue weighted by Gasteiger charge is 2.13. The lowest BCUT2D eigenvalue weighted by Crippen LogP contribution is -2.19. The molecule has 0 saturated carbocycles. The van der Waals surface area contributed by atoms with Crippen molar-refractivity contribution in [1.29, 1.82) is 0 Å². The number of aromatic nitrogens is 2. The molecule has 1 atom stereocenters. The zero-order valence-electron chi connectivity index (χ0n) is 10.7. The number of rotatable bonds is 5. The molecule has 2 rings (SSSR count). The van der Waals surface area contributed by atoms with Gasteiger partial charge in [0, 0.05) is 30.7 Å². The van der Waals surface area contributed by atoms with Gasteiger partial charge >= 0.3 is 0 Å². The van der Waals surface area contributed by atoms with Gasteiger partial charge in [0.1, 0.15) is 0 Å². The minimum atomic E-state index is 0.419. The molecule has 0 fully saturated rings. The number of halogens is 1. The fraction of sp³-hybridized carbons (Fsp3) is 0.357. The summed E-state index contributed by atoms with van der Waals surface area (Å²) >= 11 is 5.93. The highest BCUT2D eigenvalue weighted by Crippen LogP contribution is 2.21. The standard InChI is InChI=1S/C14H18ClN3/c1-16-10-12(9-14-7-8-18(2)17-14)11-3-5-13(15)6-4-11/h3-8,12,16H,9-10H2,1-2H3. The van der Waals surface area contributed by atoms with Crippen LogP contribution in [-0.2, 0) is 13.5 Å². The van der Waals surface area contributed by atoms with Crippen molar-refractivity contribution in [2.24, 2.45) is 7.05 Å². The Kier molecular flexibility index (Phi) is 4.39. The Morgan fingerprint density at radius 2 is 2.00 bits per heavy atom. The van der Waals surface area contributed by atoms with Crippen LogP contribution >= 0.6 is 11.6 Å². The van der Waals surface area contributed by atoms with E-state index in [1.165, 1.54) is 5.56 Å². The van der Waals surface area contributed by atoms with E-state index in [9.17, 15) is 0 Å². The molecule has 0 bridgehead atoms. The van der Waals surface area contributed by atoms with Crippen molar-refractivity contribution in [1.82, 2.24) is 15.1 Å². The summed E-state index contributed by atoms with van der Waals surface area (Å²) in [6.45, 7) is 0.929. The number of hydrogen-bond donors (Lipinski definition) is 1. The van der Waals surface area contributed by atoms with Crippen LogP contribution in [0.1, 0.15) is 17.2 Å². The van der Waals surface area contributed by atoms with Crippen molar-refractivity contribution in [2.45, 2.75) is 12.3 Å². The molecule has 2 aromatic rings. The molecule has 18 heavy (non-hydrogen) atoms. The van der Waals surface area contributed by atoms with Crippen molar-refractivity contribution < 1.29 is 0 Å². The van der Waals surface area contributed by atoms with E-state index >= 15 is 0 Å². The number of hydrogen-bond acceptors (Lipinski definition) is 2. The largest absolute Gasteiger partial charge is 0.319 e. The zero-order valence-corrected chi connectivity index (χ0v) is 11.5. The molecule has 0 amide bonds. The predicted octanol–water partition coefficient (Wildman–Crippen LogP) is 2.62. The lowest BCUT2D eigenvalue weighted by molar-refractivity contribution is 0.609. The minimum Gasteiger partial charge on any atom is -0.319 e. The van der Waals surface area contributed by atoms with Crippen molar-refractivity contribution in [3.05, 3.63) is 52.8 Å². The van der Waals surface area contributed by atoms with Gasteiger partial charge in [-0.05, 0) is 37.2 Å². The van der Waals surface area contributed by atoms with Crippen molar-refractivity contribution in [3.63, 3.8) is 0 Å². The lowest BCUT2D eigenvalue weighted by Gasteiger charge is -2.16. The van der Waals surface area contributed by atoms with Gasteiger partial charge in [0.25, 0.3) is 0 Å². The van der Waals surface area contributed by atoms with E-state index in [0.29, 0.717) is 5.92 Å². The van der Waals surface area contributed by atoms with Gasteiger partial charge in [-0.2, -0.15) is 5.10 Å². The second-order valence-corrected chi connectivity index (χ2v) is 4.93. The van der Waals surface area contributed by atoms with E-state index in [0.717, 1.165) is 23.7 Å². The third kappa shape index (κ3) is 3.34. The van der Waals surface area contributed by atoms with Crippen LogP contribution in [0.5, 0.6) is 0 Å². The summed E-state index contributed by atoms with van der Waals surface area (Å²) in [6.07, 6.45) is 2.91. The summed E-state index contributed by atoms with van der Waals surface area (Å²) in [5.41, 5.74) is 2.41. The Labute approximate surface area is 113 Å². The molecule has 0 radical (unpaired) electrons. The van der Waals surface area contributed by atoms with Crippen LogP contribution in [-0.4, -0.2) is 23.4 Å². The van der Waals surface area contributed by atoms with Gasteiger partial charge in [0.2, 0.25) is 0 Å². The van der Waals surface area contributed by atoms with E-state index in [4.69, 9.17) is 11.6 Å². The van der Waals surface area contributed by atoms with Gasteiger partial charge in [-0.25, -0.2) is 0 Å². The van der Waals surface area contributed by atoms with Crippen LogP contribution in [0.15, 0.2) is 36.5 Å². The molecule has 0 aliphatic carbocycles. The van der Waals surface area contributed by atoms with Gasteiger partial charge in [-0.15, -0.1) is 0 Å². The second kappa shape index (κ2) is 6.03. The number of nitrogens with one attached hydrogen (secondary N) is 1. The Balaban J connectivity index is 2.14. The highest BCUT2D eigenvalue weighted by atomic mass is 35.5. The Bertz CT molecular complexity index is 490. The lowest BCUT2D eigenvalue weighted by atomic mass is 9.94. The fourth-order valence-electron chi connectivity index (χ4n) is 2.11. The molecule has 3 nitrogen and oxygen atoms in total. The highest BCUT2D eigenvalue weighted by molar-refractivity contribution is 6.30.